The minimum Gasteiger partial charge on any atom is -0.394 e. The first-order valence-corrected chi connectivity index (χ1v) is 6.14. The van der Waals surface area contributed by atoms with Crippen molar-refractivity contribution < 1.29 is 9.66 Å². The van der Waals surface area contributed by atoms with Gasteiger partial charge in [-0.3, -0.25) is 14.9 Å². The van der Waals surface area contributed by atoms with E-state index >= 15 is 0 Å². The van der Waals surface area contributed by atoms with Crippen LogP contribution >= 0.6 is 0 Å². The van der Waals surface area contributed by atoms with Gasteiger partial charge in [-0.05, 0) is 6.07 Å². The summed E-state index contributed by atoms with van der Waals surface area (Å²) < 4.78 is 6.09. The number of anilines is 1. The quantitative estimate of drug-likeness (QED) is 0.650. The molecule has 2 N–H and O–H groups in total. The molecule has 0 saturated heterocycles. The number of hydrogen-bond donors (Lipinski definition) is 1. The highest BCUT2D eigenvalue weighted by molar-refractivity contribution is 5.64. The SMILES string of the molecule is COCCn1nc(-c2cccc([N+](=O)[O-])c2)cc(N)c1=O. The molecule has 0 saturated carbocycles. The molecule has 0 bridgehead atoms. The van der Waals surface area contributed by atoms with Gasteiger partial charge < -0.3 is 10.5 Å². The fourth-order valence-corrected chi connectivity index (χ4v) is 1.81. The number of hydrogen-bond acceptors (Lipinski definition) is 6. The number of benzene rings is 1. The number of ether oxygens (including phenoxy) is 1. The maximum atomic E-state index is 11.8. The van der Waals surface area contributed by atoms with Crippen molar-refractivity contribution >= 4 is 11.4 Å². The third kappa shape index (κ3) is 3.23. The molecule has 2 aromatic rings. The van der Waals surface area contributed by atoms with Crippen LogP contribution in [0.25, 0.3) is 11.3 Å². The van der Waals surface area contributed by atoms with Gasteiger partial charge in [-0.1, -0.05) is 12.1 Å². The van der Waals surface area contributed by atoms with Crippen LogP contribution in [0.2, 0.25) is 0 Å². The Balaban J connectivity index is 2.49. The summed E-state index contributed by atoms with van der Waals surface area (Å²) in [6.07, 6.45) is 0. The maximum absolute atomic E-state index is 11.8. The van der Waals surface area contributed by atoms with Gasteiger partial charge in [0, 0.05) is 24.8 Å². The Labute approximate surface area is 119 Å². The Morgan fingerprint density at radius 1 is 1.43 bits per heavy atom. The average Bonchev–Trinajstić information content (AvgIpc) is 2.48. The van der Waals surface area contributed by atoms with Crippen LogP contribution in [-0.4, -0.2) is 28.4 Å². The van der Waals surface area contributed by atoms with Crippen molar-refractivity contribution in [1.29, 1.82) is 0 Å². The summed E-state index contributed by atoms with van der Waals surface area (Å²) in [5, 5.41) is 15.0. The normalized spacial score (nSPS) is 10.5. The number of nitro benzene ring substituents is 1. The van der Waals surface area contributed by atoms with Gasteiger partial charge in [-0.2, -0.15) is 5.10 Å². The van der Waals surface area contributed by atoms with E-state index in [1.54, 1.807) is 12.1 Å². The summed E-state index contributed by atoms with van der Waals surface area (Å²) in [6, 6.07) is 7.39. The zero-order chi connectivity index (χ0) is 15.4. The fraction of sp³-hybridized carbons (Fsp3) is 0.231. The lowest BCUT2D eigenvalue weighted by molar-refractivity contribution is -0.384. The second kappa shape index (κ2) is 6.14. The monoisotopic (exact) mass is 290 g/mol. The molecule has 1 aromatic carbocycles. The van der Waals surface area contributed by atoms with E-state index in [2.05, 4.69) is 5.10 Å². The van der Waals surface area contributed by atoms with Gasteiger partial charge in [0.1, 0.15) is 5.69 Å². The van der Waals surface area contributed by atoms with E-state index < -0.39 is 10.5 Å². The highest BCUT2D eigenvalue weighted by Crippen LogP contribution is 2.22. The van der Waals surface area contributed by atoms with Crippen molar-refractivity contribution in [1.82, 2.24) is 9.78 Å². The lowest BCUT2D eigenvalue weighted by Crippen LogP contribution is -2.27. The molecule has 1 aromatic heterocycles. The topological polar surface area (TPSA) is 113 Å². The number of nitrogen functional groups attached to an aromatic ring is 1. The molecule has 2 rings (SSSR count). The summed E-state index contributed by atoms with van der Waals surface area (Å²) in [7, 11) is 1.51. The van der Waals surface area contributed by atoms with E-state index in [1.807, 2.05) is 0 Å². The average molecular weight is 290 g/mol. The Morgan fingerprint density at radius 3 is 2.86 bits per heavy atom. The molecule has 0 aliphatic carbocycles. The smallest absolute Gasteiger partial charge is 0.289 e. The lowest BCUT2D eigenvalue weighted by Gasteiger charge is -2.08. The van der Waals surface area contributed by atoms with Crippen LogP contribution < -0.4 is 11.3 Å². The second-order valence-corrected chi connectivity index (χ2v) is 4.31. The van der Waals surface area contributed by atoms with Crippen molar-refractivity contribution in [2.75, 3.05) is 19.5 Å². The number of nitrogens with zero attached hydrogens (tertiary/aromatic N) is 3. The summed E-state index contributed by atoms with van der Waals surface area (Å²) in [4.78, 5) is 22.2. The van der Waals surface area contributed by atoms with Gasteiger partial charge in [0.25, 0.3) is 11.2 Å². The van der Waals surface area contributed by atoms with E-state index in [0.29, 0.717) is 17.9 Å². The van der Waals surface area contributed by atoms with Gasteiger partial charge in [0.15, 0.2) is 0 Å². The van der Waals surface area contributed by atoms with Crippen LogP contribution in [0.5, 0.6) is 0 Å². The van der Waals surface area contributed by atoms with Crippen LogP contribution in [0.1, 0.15) is 0 Å². The fourth-order valence-electron chi connectivity index (χ4n) is 1.81. The molecule has 110 valence electrons. The minimum absolute atomic E-state index is 0.0302. The Morgan fingerprint density at radius 2 is 2.19 bits per heavy atom. The number of nitrogens with two attached hydrogens (primary N) is 1. The molecular weight excluding hydrogens is 276 g/mol. The van der Waals surface area contributed by atoms with Gasteiger partial charge >= 0.3 is 0 Å². The Bertz CT molecular complexity index is 726. The molecule has 0 radical (unpaired) electrons. The lowest BCUT2D eigenvalue weighted by atomic mass is 10.1. The zero-order valence-corrected chi connectivity index (χ0v) is 11.4. The molecule has 8 nitrogen and oxygen atoms in total. The second-order valence-electron chi connectivity index (χ2n) is 4.31. The summed E-state index contributed by atoms with van der Waals surface area (Å²) in [5.74, 6) is 0. The van der Waals surface area contributed by atoms with Crippen LogP contribution in [0.15, 0.2) is 35.1 Å². The molecule has 0 fully saturated rings. The first-order valence-electron chi connectivity index (χ1n) is 6.14. The number of nitro groups is 1. The Kier molecular flexibility index (Phi) is 4.29. The molecule has 0 atom stereocenters. The molecule has 8 heteroatoms. The largest absolute Gasteiger partial charge is 0.394 e. The number of non-ortho nitro benzene ring substituents is 1. The molecule has 1 heterocycles. The highest BCUT2D eigenvalue weighted by Gasteiger charge is 2.11. The maximum Gasteiger partial charge on any atom is 0.289 e. The van der Waals surface area contributed by atoms with E-state index in [1.165, 1.54) is 30.0 Å². The third-order valence-electron chi connectivity index (χ3n) is 2.86. The summed E-state index contributed by atoms with van der Waals surface area (Å²) >= 11 is 0. The first kappa shape index (κ1) is 14.7. The van der Waals surface area contributed by atoms with Gasteiger partial charge in [-0.15, -0.1) is 0 Å². The predicted molar refractivity (Wildman–Crippen MR) is 76.9 cm³/mol. The molecule has 0 spiro atoms. The molecule has 0 aliphatic rings. The van der Waals surface area contributed by atoms with Crippen LogP contribution in [-0.2, 0) is 11.3 Å². The molecular formula is C13H14N4O4. The standard InChI is InChI=1S/C13H14N4O4/c1-21-6-5-16-13(18)11(14)8-12(15-16)9-3-2-4-10(7-9)17(19)20/h2-4,7-8H,5-6,14H2,1H3. The summed E-state index contributed by atoms with van der Waals surface area (Å²) in [6.45, 7) is 0.563. The molecule has 0 amide bonds. The molecule has 0 unspecified atom stereocenters. The van der Waals surface area contributed by atoms with Gasteiger partial charge in [-0.25, -0.2) is 4.68 Å². The zero-order valence-electron chi connectivity index (χ0n) is 11.4. The van der Waals surface area contributed by atoms with E-state index in [-0.39, 0.29) is 17.9 Å². The number of aromatic nitrogens is 2. The Hall–Kier alpha value is -2.74. The number of methoxy groups -OCH3 is 1. The van der Waals surface area contributed by atoms with E-state index in [9.17, 15) is 14.9 Å². The number of rotatable bonds is 5. The third-order valence-corrected chi connectivity index (χ3v) is 2.86. The van der Waals surface area contributed by atoms with Crippen LogP contribution in [0.3, 0.4) is 0 Å². The van der Waals surface area contributed by atoms with Crippen LogP contribution in [0, 0.1) is 10.1 Å². The van der Waals surface area contributed by atoms with Gasteiger partial charge in [0.2, 0.25) is 0 Å². The van der Waals surface area contributed by atoms with Crippen molar-refractivity contribution in [3.8, 4) is 11.3 Å². The summed E-state index contributed by atoms with van der Waals surface area (Å²) in [5.41, 5.74) is 6.15. The van der Waals surface area contributed by atoms with E-state index in [0.717, 1.165) is 0 Å². The van der Waals surface area contributed by atoms with Crippen molar-refractivity contribution in [3.63, 3.8) is 0 Å². The molecule has 0 aliphatic heterocycles. The highest BCUT2D eigenvalue weighted by atomic mass is 16.6. The van der Waals surface area contributed by atoms with Crippen molar-refractivity contribution in [3.05, 3.63) is 50.8 Å². The predicted octanol–water partition coefficient (Wildman–Crippen LogP) is 1.05. The van der Waals surface area contributed by atoms with Gasteiger partial charge in [0.05, 0.1) is 23.8 Å². The molecule has 21 heavy (non-hydrogen) atoms. The van der Waals surface area contributed by atoms with E-state index in [4.69, 9.17) is 10.5 Å². The van der Waals surface area contributed by atoms with Crippen molar-refractivity contribution in [2.45, 2.75) is 6.54 Å². The first-order chi connectivity index (χ1) is 10.0. The van der Waals surface area contributed by atoms with Crippen molar-refractivity contribution in [2.24, 2.45) is 0 Å². The van der Waals surface area contributed by atoms with Crippen LogP contribution in [0.4, 0.5) is 11.4 Å². The minimum atomic E-state index is -0.492.